The highest BCUT2D eigenvalue weighted by Gasteiger charge is 2.28. The van der Waals surface area contributed by atoms with E-state index in [1.54, 1.807) is 24.3 Å². The monoisotopic (exact) mass is 302 g/mol. The molecule has 2 rings (SSSR count). The second-order valence-corrected chi connectivity index (χ2v) is 5.88. The summed E-state index contributed by atoms with van der Waals surface area (Å²) in [4.78, 5) is 14.3. The number of urea groups is 1. The molecule has 0 aliphatic carbocycles. The number of carbonyl (C=O) groups is 1. The van der Waals surface area contributed by atoms with Crippen LogP contribution in [0.15, 0.2) is 24.3 Å². The molecule has 1 heterocycles. The Morgan fingerprint density at radius 1 is 1.36 bits per heavy atom. The van der Waals surface area contributed by atoms with Crippen molar-refractivity contribution in [1.82, 2.24) is 10.2 Å². The molecule has 1 fully saturated rings. The number of carbonyl (C=O) groups excluding carboxylic acids is 1. The van der Waals surface area contributed by atoms with Gasteiger partial charge in [-0.05, 0) is 26.0 Å². The second kappa shape index (κ2) is 7.25. The molecule has 6 nitrogen and oxygen atoms in total. The number of nitrogens with one attached hydrogen (secondary N) is 2. The molecule has 0 bridgehead atoms. The Kier molecular flexibility index (Phi) is 5.36. The first-order chi connectivity index (χ1) is 10.5. The number of anilines is 1. The zero-order valence-corrected chi connectivity index (χ0v) is 13.1. The Morgan fingerprint density at radius 2 is 2.05 bits per heavy atom. The molecule has 1 aromatic rings. The smallest absolute Gasteiger partial charge is 0.319 e. The molecule has 118 valence electrons. The van der Waals surface area contributed by atoms with E-state index < -0.39 is 0 Å². The SMILES string of the molecule is CC(C)(CNC(=O)Nc1ccccc1C#N)N1CCOCC1. The average Bonchev–Trinajstić information content (AvgIpc) is 2.54. The van der Waals surface area contributed by atoms with Crippen LogP contribution in [-0.4, -0.2) is 49.3 Å². The molecule has 2 amide bonds. The van der Waals surface area contributed by atoms with Crippen LogP contribution in [0.4, 0.5) is 10.5 Å². The molecule has 0 spiro atoms. The van der Waals surface area contributed by atoms with Gasteiger partial charge in [-0.2, -0.15) is 5.26 Å². The van der Waals surface area contributed by atoms with Gasteiger partial charge in [-0.1, -0.05) is 12.1 Å². The third-order valence-corrected chi connectivity index (χ3v) is 3.84. The van der Waals surface area contributed by atoms with Gasteiger partial charge in [0.2, 0.25) is 0 Å². The number of nitrogens with zero attached hydrogens (tertiary/aromatic N) is 2. The standard InChI is InChI=1S/C16H22N4O2/c1-16(2,20-7-9-22-10-8-20)12-18-15(21)19-14-6-4-3-5-13(14)11-17/h3-6H,7-10,12H2,1-2H3,(H2,18,19,21). The molecule has 22 heavy (non-hydrogen) atoms. The Balaban J connectivity index is 1.88. The third kappa shape index (κ3) is 4.20. The first kappa shape index (κ1) is 16.3. The molecule has 1 aliphatic rings. The maximum atomic E-state index is 12.0. The predicted octanol–water partition coefficient (Wildman–Crippen LogP) is 1.79. The summed E-state index contributed by atoms with van der Waals surface area (Å²) in [6.07, 6.45) is 0. The van der Waals surface area contributed by atoms with Crippen LogP contribution in [0.25, 0.3) is 0 Å². The molecule has 2 N–H and O–H groups in total. The fourth-order valence-electron chi connectivity index (χ4n) is 2.43. The Bertz CT molecular complexity index is 560. The zero-order chi connectivity index (χ0) is 16.0. The van der Waals surface area contributed by atoms with Crippen molar-refractivity contribution in [3.63, 3.8) is 0 Å². The van der Waals surface area contributed by atoms with Gasteiger partial charge in [0, 0.05) is 25.2 Å². The number of morpholine rings is 1. The fraction of sp³-hybridized carbons (Fsp3) is 0.500. The van der Waals surface area contributed by atoms with Gasteiger partial charge < -0.3 is 15.4 Å². The van der Waals surface area contributed by atoms with Gasteiger partial charge in [-0.25, -0.2) is 4.79 Å². The summed E-state index contributed by atoms with van der Waals surface area (Å²) in [7, 11) is 0. The minimum atomic E-state index is -0.302. The molecule has 1 aromatic carbocycles. The molecule has 0 saturated carbocycles. The van der Waals surface area contributed by atoms with Crippen molar-refractivity contribution in [3.05, 3.63) is 29.8 Å². The molecule has 1 saturated heterocycles. The lowest BCUT2D eigenvalue weighted by atomic mass is 10.0. The van der Waals surface area contributed by atoms with Crippen molar-refractivity contribution in [2.75, 3.05) is 38.2 Å². The van der Waals surface area contributed by atoms with E-state index in [1.807, 2.05) is 0 Å². The molecule has 0 atom stereocenters. The van der Waals surface area contributed by atoms with E-state index in [-0.39, 0.29) is 11.6 Å². The van der Waals surface area contributed by atoms with Crippen molar-refractivity contribution in [1.29, 1.82) is 5.26 Å². The predicted molar refractivity (Wildman–Crippen MR) is 84.6 cm³/mol. The lowest BCUT2D eigenvalue weighted by Crippen LogP contribution is -2.55. The highest BCUT2D eigenvalue weighted by Crippen LogP contribution is 2.16. The van der Waals surface area contributed by atoms with Crippen LogP contribution in [0.5, 0.6) is 0 Å². The summed E-state index contributed by atoms with van der Waals surface area (Å²) < 4.78 is 5.35. The molecular formula is C16H22N4O2. The average molecular weight is 302 g/mol. The van der Waals surface area contributed by atoms with Crippen LogP contribution >= 0.6 is 0 Å². The summed E-state index contributed by atoms with van der Waals surface area (Å²) >= 11 is 0. The number of hydrogen-bond donors (Lipinski definition) is 2. The van der Waals surface area contributed by atoms with Crippen molar-refractivity contribution >= 4 is 11.7 Å². The highest BCUT2D eigenvalue weighted by atomic mass is 16.5. The van der Waals surface area contributed by atoms with Crippen LogP contribution in [0, 0.1) is 11.3 Å². The Labute approximate surface area is 131 Å². The van der Waals surface area contributed by atoms with Crippen LogP contribution in [-0.2, 0) is 4.74 Å². The largest absolute Gasteiger partial charge is 0.379 e. The van der Waals surface area contributed by atoms with E-state index in [2.05, 4.69) is 35.5 Å². The summed E-state index contributed by atoms with van der Waals surface area (Å²) in [5.74, 6) is 0. The highest BCUT2D eigenvalue weighted by molar-refractivity contribution is 5.90. The first-order valence-corrected chi connectivity index (χ1v) is 7.40. The molecule has 0 unspecified atom stereocenters. The van der Waals surface area contributed by atoms with Crippen molar-refractivity contribution in [2.24, 2.45) is 0 Å². The fourth-order valence-corrected chi connectivity index (χ4v) is 2.43. The number of benzene rings is 1. The van der Waals surface area contributed by atoms with Crippen LogP contribution in [0.3, 0.4) is 0 Å². The lowest BCUT2D eigenvalue weighted by molar-refractivity contribution is -0.00863. The topological polar surface area (TPSA) is 77.4 Å². The van der Waals surface area contributed by atoms with Gasteiger partial charge >= 0.3 is 6.03 Å². The van der Waals surface area contributed by atoms with E-state index in [0.717, 1.165) is 26.3 Å². The van der Waals surface area contributed by atoms with E-state index in [4.69, 9.17) is 10.00 Å². The van der Waals surface area contributed by atoms with E-state index in [0.29, 0.717) is 17.8 Å². The van der Waals surface area contributed by atoms with Crippen molar-refractivity contribution in [2.45, 2.75) is 19.4 Å². The molecular weight excluding hydrogens is 280 g/mol. The van der Waals surface area contributed by atoms with E-state index in [9.17, 15) is 4.79 Å². The number of ether oxygens (including phenoxy) is 1. The summed E-state index contributed by atoms with van der Waals surface area (Å²) in [5, 5.41) is 14.6. The van der Waals surface area contributed by atoms with Gasteiger partial charge in [0.1, 0.15) is 6.07 Å². The van der Waals surface area contributed by atoms with E-state index >= 15 is 0 Å². The maximum absolute atomic E-state index is 12.0. The summed E-state index contributed by atoms with van der Waals surface area (Å²) in [6, 6.07) is 8.70. The van der Waals surface area contributed by atoms with Gasteiger partial charge in [0.15, 0.2) is 0 Å². The zero-order valence-electron chi connectivity index (χ0n) is 13.1. The summed E-state index contributed by atoms with van der Waals surface area (Å²) in [5.41, 5.74) is 0.826. The first-order valence-electron chi connectivity index (χ1n) is 7.40. The number of amides is 2. The molecule has 1 aliphatic heterocycles. The Morgan fingerprint density at radius 3 is 2.73 bits per heavy atom. The number of para-hydroxylation sites is 1. The van der Waals surface area contributed by atoms with Crippen LogP contribution in [0.1, 0.15) is 19.4 Å². The molecule has 0 aromatic heterocycles. The van der Waals surface area contributed by atoms with Crippen LogP contribution < -0.4 is 10.6 Å². The van der Waals surface area contributed by atoms with Crippen LogP contribution in [0.2, 0.25) is 0 Å². The van der Waals surface area contributed by atoms with Gasteiger partial charge in [-0.3, -0.25) is 4.90 Å². The third-order valence-electron chi connectivity index (χ3n) is 3.84. The van der Waals surface area contributed by atoms with Crippen molar-refractivity contribution in [3.8, 4) is 6.07 Å². The second-order valence-electron chi connectivity index (χ2n) is 5.88. The number of rotatable bonds is 4. The van der Waals surface area contributed by atoms with Gasteiger partial charge in [0.25, 0.3) is 0 Å². The molecule has 0 radical (unpaired) electrons. The normalized spacial score (nSPS) is 15.9. The minimum absolute atomic E-state index is 0.143. The molecule has 6 heteroatoms. The lowest BCUT2D eigenvalue weighted by Gasteiger charge is -2.40. The van der Waals surface area contributed by atoms with Gasteiger partial charge in [0.05, 0.1) is 24.5 Å². The maximum Gasteiger partial charge on any atom is 0.319 e. The minimum Gasteiger partial charge on any atom is -0.379 e. The number of hydrogen-bond acceptors (Lipinski definition) is 4. The Hall–Kier alpha value is -2.10. The summed E-state index contributed by atoms with van der Waals surface area (Å²) in [6.45, 7) is 7.91. The van der Waals surface area contributed by atoms with Crippen molar-refractivity contribution < 1.29 is 9.53 Å². The quantitative estimate of drug-likeness (QED) is 0.889. The van der Waals surface area contributed by atoms with Gasteiger partial charge in [-0.15, -0.1) is 0 Å². The van der Waals surface area contributed by atoms with E-state index in [1.165, 1.54) is 0 Å². The number of nitriles is 1.